The summed E-state index contributed by atoms with van der Waals surface area (Å²) in [6.07, 6.45) is 0.00768. The number of hydrogen-bond donors (Lipinski definition) is 9. The fourth-order valence-electron chi connectivity index (χ4n) is 3.65. The van der Waals surface area contributed by atoms with Crippen molar-refractivity contribution in [3.63, 3.8) is 0 Å². The molecule has 0 aliphatic rings. The smallest absolute Gasteiger partial charge is 0.326 e. The highest BCUT2D eigenvalue weighted by Gasteiger charge is 2.31. The van der Waals surface area contributed by atoms with Crippen LogP contribution in [0.5, 0.6) is 5.75 Å². The predicted molar refractivity (Wildman–Crippen MR) is 146 cm³/mol. The van der Waals surface area contributed by atoms with Gasteiger partial charge in [-0.15, -0.1) is 0 Å². The lowest BCUT2D eigenvalue weighted by molar-refractivity contribution is -0.143. The molecule has 0 aromatic heterocycles. The molecule has 1 rings (SSSR count). The third kappa shape index (κ3) is 12.9. The zero-order valence-corrected chi connectivity index (χ0v) is 22.6. The van der Waals surface area contributed by atoms with E-state index in [1.165, 1.54) is 24.3 Å². The van der Waals surface area contributed by atoms with Crippen molar-refractivity contribution < 1.29 is 34.2 Å². The van der Waals surface area contributed by atoms with Crippen molar-refractivity contribution in [3.05, 3.63) is 29.8 Å². The van der Waals surface area contributed by atoms with Crippen LogP contribution in [0.4, 0.5) is 0 Å². The summed E-state index contributed by atoms with van der Waals surface area (Å²) in [6.45, 7) is 3.82. The summed E-state index contributed by atoms with van der Waals surface area (Å²) in [7, 11) is 0. The van der Waals surface area contributed by atoms with E-state index in [1.807, 2.05) is 0 Å². The number of amides is 4. The molecule has 15 nitrogen and oxygen atoms in total. The number of phenols is 1. The molecule has 0 bridgehead atoms. The average molecular weight is 565 g/mol. The lowest BCUT2D eigenvalue weighted by atomic mass is 10.0. The summed E-state index contributed by atoms with van der Waals surface area (Å²) < 4.78 is 0. The second kappa shape index (κ2) is 16.5. The van der Waals surface area contributed by atoms with Gasteiger partial charge in [-0.25, -0.2) is 4.79 Å². The molecule has 4 unspecified atom stereocenters. The second-order valence-electron chi connectivity index (χ2n) is 9.75. The van der Waals surface area contributed by atoms with Crippen LogP contribution in [0.1, 0.15) is 45.1 Å². The fourth-order valence-corrected chi connectivity index (χ4v) is 3.65. The molecule has 0 fully saturated rings. The van der Waals surface area contributed by atoms with Gasteiger partial charge in [-0.2, -0.15) is 0 Å². The zero-order valence-electron chi connectivity index (χ0n) is 22.6. The van der Waals surface area contributed by atoms with Crippen LogP contribution in [0.25, 0.3) is 0 Å². The number of carboxylic acids is 1. The SMILES string of the molecule is CC(C)CC(NC(=O)C(Cc1ccc(O)cc1)NC(=O)C(CC(N)=O)NC(=O)C(N)CCCN=C(N)N)C(=O)O. The number of rotatable bonds is 17. The lowest BCUT2D eigenvalue weighted by Gasteiger charge is -2.25. The van der Waals surface area contributed by atoms with E-state index >= 15 is 0 Å². The normalized spacial score (nSPS) is 13.8. The molecule has 0 aliphatic heterocycles. The van der Waals surface area contributed by atoms with Gasteiger partial charge in [-0.1, -0.05) is 26.0 Å². The minimum atomic E-state index is -1.46. The van der Waals surface area contributed by atoms with Crippen LogP contribution in [0, 0.1) is 5.92 Å². The summed E-state index contributed by atoms with van der Waals surface area (Å²) in [5.41, 5.74) is 22.2. The zero-order chi connectivity index (χ0) is 30.4. The third-order valence-corrected chi connectivity index (χ3v) is 5.67. The lowest BCUT2D eigenvalue weighted by Crippen LogP contribution is -2.58. The van der Waals surface area contributed by atoms with Crippen LogP contribution in [-0.4, -0.2) is 76.5 Å². The Morgan fingerprint density at radius 1 is 0.875 bits per heavy atom. The average Bonchev–Trinajstić information content (AvgIpc) is 2.85. The first-order chi connectivity index (χ1) is 18.7. The van der Waals surface area contributed by atoms with Gasteiger partial charge < -0.3 is 49.1 Å². The Kier molecular flexibility index (Phi) is 13.9. The molecule has 1 aromatic rings. The van der Waals surface area contributed by atoms with Crippen LogP contribution in [0.15, 0.2) is 29.3 Å². The molecule has 222 valence electrons. The van der Waals surface area contributed by atoms with E-state index in [1.54, 1.807) is 13.8 Å². The standard InChI is InChI=1S/C25H40N8O7/c1-13(2)10-19(24(39)40)33-22(37)17(11-14-5-7-15(34)8-6-14)32-23(38)18(12-20(27)35)31-21(36)16(26)4-3-9-30-25(28)29/h5-8,13,16-19,34H,3-4,9-12,26H2,1-2H3,(H2,27,35)(H,31,36)(H,32,38)(H,33,37)(H,39,40)(H4,28,29,30). The van der Waals surface area contributed by atoms with Crippen molar-refractivity contribution in [2.75, 3.05) is 6.54 Å². The minimum Gasteiger partial charge on any atom is -0.508 e. The van der Waals surface area contributed by atoms with Crippen LogP contribution in [0.3, 0.4) is 0 Å². The van der Waals surface area contributed by atoms with Crippen LogP contribution < -0.4 is 38.9 Å². The molecule has 0 spiro atoms. The van der Waals surface area contributed by atoms with Crippen LogP contribution in [0.2, 0.25) is 0 Å². The highest BCUT2D eigenvalue weighted by atomic mass is 16.4. The van der Waals surface area contributed by atoms with Gasteiger partial charge in [0.1, 0.15) is 23.9 Å². The quantitative estimate of drug-likeness (QED) is 0.0558. The number of nitrogens with one attached hydrogen (secondary N) is 3. The number of carbonyl (C=O) groups excluding carboxylic acids is 4. The third-order valence-electron chi connectivity index (χ3n) is 5.67. The van der Waals surface area contributed by atoms with E-state index in [2.05, 4.69) is 20.9 Å². The summed E-state index contributed by atoms with van der Waals surface area (Å²) in [5, 5.41) is 26.4. The molecule has 4 amide bonds. The number of guanidine groups is 1. The van der Waals surface area contributed by atoms with Gasteiger partial charge in [0, 0.05) is 13.0 Å². The Balaban J connectivity index is 3.09. The fraction of sp³-hybridized carbons (Fsp3) is 0.520. The summed E-state index contributed by atoms with van der Waals surface area (Å²) in [6, 6.07) is 0.779. The molecule has 0 saturated carbocycles. The number of carboxylic acid groups (broad SMARTS) is 1. The predicted octanol–water partition coefficient (Wildman–Crippen LogP) is -2.22. The molecule has 15 heteroatoms. The number of nitrogens with two attached hydrogens (primary N) is 4. The van der Waals surface area contributed by atoms with Crippen LogP contribution >= 0.6 is 0 Å². The molecule has 0 saturated heterocycles. The van der Waals surface area contributed by atoms with Gasteiger partial charge in [0.05, 0.1) is 12.5 Å². The number of hydrogen-bond acceptors (Lipinski definition) is 8. The second-order valence-corrected chi connectivity index (χ2v) is 9.75. The summed E-state index contributed by atoms with van der Waals surface area (Å²) in [4.78, 5) is 66.1. The van der Waals surface area contributed by atoms with E-state index in [0.29, 0.717) is 12.0 Å². The molecule has 1 aromatic carbocycles. The monoisotopic (exact) mass is 564 g/mol. The van der Waals surface area contributed by atoms with Gasteiger partial charge in [-0.3, -0.25) is 24.2 Å². The van der Waals surface area contributed by atoms with Crippen molar-refractivity contribution in [1.82, 2.24) is 16.0 Å². The number of primary amides is 1. The van der Waals surface area contributed by atoms with Gasteiger partial charge >= 0.3 is 5.97 Å². The van der Waals surface area contributed by atoms with E-state index in [-0.39, 0.29) is 43.4 Å². The molecule has 0 heterocycles. The van der Waals surface area contributed by atoms with Crippen molar-refractivity contribution in [1.29, 1.82) is 0 Å². The molecule has 0 radical (unpaired) electrons. The Morgan fingerprint density at radius 2 is 1.43 bits per heavy atom. The largest absolute Gasteiger partial charge is 0.508 e. The first kappa shape index (κ1) is 33.6. The van der Waals surface area contributed by atoms with E-state index in [4.69, 9.17) is 22.9 Å². The Hall–Kier alpha value is -4.40. The summed E-state index contributed by atoms with van der Waals surface area (Å²) in [5.74, 6) is -4.77. The summed E-state index contributed by atoms with van der Waals surface area (Å²) >= 11 is 0. The van der Waals surface area contributed by atoms with Gasteiger partial charge in [0.25, 0.3) is 0 Å². The van der Waals surface area contributed by atoms with E-state index < -0.39 is 60.2 Å². The van der Waals surface area contributed by atoms with Crippen molar-refractivity contribution >= 4 is 35.6 Å². The number of benzene rings is 1. The number of nitrogens with zero attached hydrogens (tertiary/aromatic N) is 1. The number of aliphatic imine (C=N–C) groups is 1. The van der Waals surface area contributed by atoms with Gasteiger partial charge in [0.15, 0.2) is 5.96 Å². The van der Waals surface area contributed by atoms with E-state index in [9.17, 15) is 34.2 Å². The minimum absolute atomic E-state index is 0.0180. The number of aliphatic carboxylic acids is 1. The molecule has 0 aliphatic carbocycles. The van der Waals surface area contributed by atoms with Gasteiger partial charge in [0.2, 0.25) is 23.6 Å². The van der Waals surface area contributed by atoms with Crippen molar-refractivity contribution in [2.24, 2.45) is 33.8 Å². The maximum absolute atomic E-state index is 13.2. The first-order valence-electron chi connectivity index (χ1n) is 12.7. The molecule has 4 atom stereocenters. The first-order valence-corrected chi connectivity index (χ1v) is 12.7. The maximum Gasteiger partial charge on any atom is 0.326 e. The van der Waals surface area contributed by atoms with E-state index in [0.717, 1.165) is 0 Å². The number of carbonyl (C=O) groups is 5. The Labute approximate surface area is 232 Å². The topological polar surface area (TPSA) is 278 Å². The maximum atomic E-state index is 13.2. The van der Waals surface area contributed by atoms with Crippen molar-refractivity contribution in [2.45, 2.75) is 70.1 Å². The highest BCUT2D eigenvalue weighted by Crippen LogP contribution is 2.13. The molecule has 40 heavy (non-hydrogen) atoms. The number of aromatic hydroxyl groups is 1. The number of phenolic OH excluding ortho intramolecular Hbond substituents is 1. The van der Waals surface area contributed by atoms with Crippen LogP contribution in [-0.2, 0) is 30.4 Å². The molecular formula is C25H40N8O7. The Bertz CT molecular complexity index is 1060. The molecule has 13 N–H and O–H groups in total. The molecular weight excluding hydrogens is 524 g/mol. The van der Waals surface area contributed by atoms with Crippen molar-refractivity contribution in [3.8, 4) is 5.75 Å². The highest BCUT2D eigenvalue weighted by molar-refractivity contribution is 5.96. The van der Waals surface area contributed by atoms with Gasteiger partial charge in [-0.05, 0) is 42.9 Å². The Morgan fingerprint density at radius 3 is 1.95 bits per heavy atom.